The molecule has 0 saturated carbocycles. The molecule has 0 unspecified atom stereocenters. The number of anilines is 2. The first-order valence-corrected chi connectivity index (χ1v) is 21.6. The highest BCUT2D eigenvalue weighted by Crippen LogP contribution is 2.47. The van der Waals surface area contributed by atoms with Gasteiger partial charge in [0.2, 0.25) is 0 Å². The van der Waals surface area contributed by atoms with Crippen molar-refractivity contribution in [2.24, 2.45) is 20.5 Å². The molecule has 0 fully saturated rings. The Morgan fingerprint density at radius 3 is 1.08 bits per heavy atom. The van der Waals surface area contributed by atoms with Crippen LogP contribution in [0.15, 0.2) is 125 Å². The highest BCUT2D eigenvalue weighted by molar-refractivity contribution is 7.86. The topological polar surface area (TPSA) is 389 Å². The highest BCUT2D eigenvalue weighted by atomic mass is 32.2. The Morgan fingerprint density at radius 2 is 0.783 bits per heavy atom. The van der Waals surface area contributed by atoms with E-state index < -0.39 is 122 Å². The fourth-order valence-electron chi connectivity index (χ4n) is 5.49. The van der Waals surface area contributed by atoms with Gasteiger partial charge < -0.3 is 31.1 Å². The van der Waals surface area contributed by atoms with Gasteiger partial charge in [0.25, 0.3) is 40.5 Å². The molecule has 27 heteroatoms. The number of nitrogens with zero attached hydrogens (tertiary/aromatic N) is 4. The second-order valence-corrected chi connectivity index (χ2v) is 17.8. The fourth-order valence-corrected chi connectivity index (χ4v) is 7.88. The molecule has 0 spiro atoms. The molecule has 0 atom stereocenters. The zero-order valence-corrected chi connectivity index (χ0v) is 32.5. The maximum absolute atomic E-state index is 12.7. The summed E-state index contributed by atoms with van der Waals surface area (Å²) >= 11 is 0. The molecule has 0 aliphatic heterocycles. The quantitative estimate of drug-likeness (QED) is 0.0534. The van der Waals surface area contributed by atoms with E-state index in [9.17, 15) is 77.1 Å². The molecule has 0 saturated heterocycles. The summed E-state index contributed by atoms with van der Waals surface area (Å²) in [5.41, 5.74) is -1.20. The molecule has 6 rings (SSSR count). The van der Waals surface area contributed by atoms with E-state index in [0.29, 0.717) is 24.3 Å². The number of phenols is 4. The van der Waals surface area contributed by atoms with Crippen LogP contribution in [-0.2, 0) is 40.5 Å². The number of fused-ring (bicyclic) bond motifs is 2. The zero-order chi connectivity index (χ0) is 44.1. The van der Waals surface area contributed by atoms with Gasteiger partial charge in [0.15, 0.2) is 11.5 Å². The lowest BCUT2D eigenvalue weighted by Crippen LogP contribution is -2.19. The monoisotopic (exact) mass is 904 g/mol. The molecule has 0 aromatic heterocycles. The van der Waals surface area contributed by atoms with E-state index in [1.165, 1.54) is 48.5 Å². The second kappa shape index (κ2) is 15.4. The summed E-state index contributed by atoms with van der Waals surface area (Å²) in [5.74, 6) is -3.78. The van der Waals surface area contributed by atoms with E-state index in [2.05, 4.69) is 31.1 Å². The molecule has 312 valence electrons. The molecule has 2 amide bonds. The van der Waals surface area contributed by atoms with Crippen LogP contribution < -0.4 is 10.6 Å². The summed E-state index contributed by atoms with van der Waals surface area (Å²) in [6, 6.07) is 13.9. The molecule has 0 aliphatic rings. The standard InChI is InChI=1S/C33H24N6O17S4/c40-23-13-21(57(45,46)47)9-15-11-25(59(51,52)53)29(31(42)27(15)23)38-36-19-5-1-17(2-6-19)34-33(44)35-18-3-7-20(8-4-18)37-39-30-26(60(54,55)56)12-16-10-22(58(48,49)50)14-24(41)28(16)32(30)43/h1-14,40-43H,(H2,34,35,44)(H,45,46,47)(H,48,49,50)(H,51,52,53)(H,54,55,56). The van der Waals surface area contributed by atoms with Gasteiger partial charge in [0, 0.05) is 23.5 Å². The van der Waals surface area contributed by atoms with Gasteiger partial charge in [-0.3, -0.25) is 18.2 Å². The molecule has 23 nitrogen and oxygen atoms in total. The first-order chi connectivity index (χ1) is 27.8. The third-order valence-corrected chi connectivity index (χ3v) is 11.5. The molecule has 0 heterocycles. The van der Waals surface area contributed by atoms with Gasteiger partial charge in [0.05, 0.1) is 31.9 Å². The number of carbonyl (C=O) groups is 1. The van der Waals surface area contributed by atoms with Crippen LogP contribution in [0.2, 0.25) is 0 Å². The number of azo groups is 2. The average molecular weight is 905 g/mol. The molecule has 6 aromatic carbocycles. The predicted molar refractivity (Wildman–Crippen MR) is 208 cm³/mol. The van der Waals surface area contributed by atoms with Crippen molar-refractivity contribution in [1.29, 1.82) is 0 Å². The van der Waals surface area contributed by atoms with E-state index in [-0.39, 0.29) is 22.7 Å². The number of nitrogens with one attached hydrogen (secondary N) is 2. The van der Waals surface area contributed by atoms with Crippen LogP contribution in [0.25, 0.3) is 21.5 Å². The minimum absolute atomic E-state index is 0.0289. The molecule has 0 bridgehead atoms. The first kappa shape index (κ1) is 42.7. The number of hydrogen-bond donors (Lipinski definition) is 10. The minimum Gasteiger partial charge on any atom is -0.507 e. The summed E-state index contributed by atoms with van der Waals surface area (Å²) in [6.45, 7) is 0. The summed E-state index contributed by atoms with van der Waals surface area (Å²) in [6.07, 6.45) is 0. The number of aromatic hydroxyl groups is 4. The second-order valence-electron chi connectivity index (χ2n) is 12.2. The third-order valence-electron chi connectivity index (χ3n) is 8.14. The SMILES string of the molecule is O=C(Nc1ccc(N=Nc2c(S(=O)(=O)O)cc3cc(S(=O)(=O)O)cc(O)c3c2O)cc1)Nc1ccc(N=Nc2c(S(=O)(=O)O)cc3cc(S(=O)(=O)O)cc(O)c3c2O)cc1. The third kappa shape index (κ3) is 9.06. The van der Waals surface area contributed by atoms with Crippen LogP contribution in [0.1, 0.15) is 0 Å². The predicted octanol–water partition coefficient (Wildman–Crippen LogP) is 6.28. The van der Waals surface area contributed by atoms with Crippen molar-refractivity contribution in [1.82, 2.24) is 0 Å². The van der Waals surface area contributed by atoms with Gasteiger partial charge in [-0.15, -0.1) is 10.2 Å². The van der Waals surface area contributed by atoms with Crippen molar-refractivity contribution in [2.45, 2.75) is 19.6 Å². The van der Waals surface area contributed by atoms with Crippen molar-refractivity contribution in [3.05, 3.63) is 84.9 Å². The van der Waals surface area contributed by atoms with E-state index in [4.69, 9.17) is 0 Å². The Hall–Kier alpha value is -6.85. The molecule has 6 aromatic rings. The summed E-state index contributed by atoms with van der Waals surface area (Å²) < 4.78 is 133. The largest absolute Gasteiger partial charge is 0.507 e. The van der Waals surface area contributed by atoms with Crippen LogP contribution in [0, 0.1) is 0 Å². The van der Waals surface area contributed by atoms with Crippen molar-refractivity contribution < 1.29 is 77.1 Å². The number of benzene rings is 6. The minimum atomic E-state index is -5.13. The lowest BCUT2D eigenvalue weighted by atomic mass is 10.1. The van der Waals surface area contributed by atoms with Crippen LogP contribution >= 0.6 is 0 Å². The Balaban J connectivity index is 1.16. The first-order valence-electron chi connectivity index (χ1n) is 15.9. The Morgan fingerprint density at radius 1 is 0.450 bits per heavy atom. The molecule has 60 heavy (non-hydrogen) atoms. The number of amides is 2. The van der Waals surface area contributed by atoms with E-state index in [0.717, 1.165) is 12.1 Å². The fraction of sp³-hybridized carbons (Fsp3) is 0. The lowest BCUT2D eigenvalue weighted by molar-refractivity contribution is 0.262. The van der Waals surface area contributed by atoms with E-state index >= 15 is 0 Å². The molecule has 0 aliphatic carbocycles. The van der Waals surface area contributed by atoms with Crippen molar-refractivity contribution >= 4 is 102 Å². The van der Waals surface area contributed by atoms with Crippen LogP contribution in [-0.4, -0.2) is 78.3 Å². The Bertz CT molecular complexity index is 3090. The number of rotatable bonds is 10. The summed E-state index contributed by atoms with van der Waals surface area (Å²) in [4.78, 5) is 8.96. The number of carbonyl (C=O) groups excluding carboxylic acids is 1. The highest BCUT2D eigenvalue weighted by Gasteiger charge is 2.27. The molecular weight excluding hydrogens is 881 g/mol. The maximum atomic E-state index is 12.7. The van der Waals surface area contributed by atoms with Gasteiger partial charge in [0.1, 0.15) is 32.7 Å². The van der Waals surface area contributed by atoms with Gasteiger partial charge in [-0.1, -0.05) is 0 Å². The average Bonchev–Trinajstić information content (AvgIpc) is 3.13. The van der Waals surface area contributed by atoms with Crippen LogP contribution in [0.5, 0.6) is 23.0 Å². The molecule has 0 radical (unpaired) electrons. The van der Waals surface area contributed by atoms with Crippen molar-refractivity contribution in [3.63, 3.8) is 0 Å². The van der Waals surface area contributed by atoms with Gasteiger partial charge in [-0.25, -0.2) is 4.79 Å². The van der Waals surface area contributed by atoms with E-state index in [1.54, 1.807) is 0 Å². The molecular formula is C33H24N6O17S4. The van der Waals surface area contributed by atoms with Gasteiger partial charge in [-0.2, -0.15) is 43.9 Å². The lowest BCUT2D eigenvalue weighted by Gasteiger charge is -2.11. The van der Waals surface area contributed by atoms with Crippen LogP contribution in [0.4, 0.5) is 38.9 Å². The van der Waals surface area contributed by atoms with E-state index in [1.807, 2.05) is 0 Å². The Kier molecular flexibility index (Phi) is 11.0. The number of urea groups is 1. The number of phenolic OH excluding ortho intramolecular Hbond substituents is 4. The molecule has 10 N–H and O–H groups in total. The van der Waals surface area contributed by atoms with Gasteiger partial charge in [-0.05, 0) is 83.6 Å². The van der Waals surface area contributed by atoms with Crippen molar-refractivity contribution in [2.75, 3.05) is 10.6 Å². The summed E-state index contributed by atoms with van der Waals surface area (Å²) in [5, 5.41) is 60.5. The maximum Gasteiger partial charge on any atom is 0.323 e. The zero-order valence-electron chi connectivity index (χ0n) is 29.3. The Labute approximate surface area is 336 Å². The van der Waals surface area contributed by atoms with Crippen molar-refractivity contribution in [3.8, 4) is 23.0 Å². The van der Waals surface area contributed by atoms with Crippen LogP contribution in [0.3, 0.4) is 0 Å². The normalized spacial score (nSPS) is 12.7. The number of hydrogen-bond acceptors (Lipinski definition) is 17. The summed E-state index contributed by atoms with van der Waals surface area (Å²) in [7, 11) is -20.0. The smallest absolute Gasteiger partial charge is 0.323 e. The van der Waals surface area contributed by atoms with Gasteiger partial charge >= 0.3 is 6.03 Å².